The molecule has 0 fully saturated rings. The molecular formula is C21H25NO4. The first-order valence-corrected chi connectivity index (χ1v) is 8.58. The van der Waals surface area contributed by atoms with E-state index in [0.29, 0.717) is 18.3 Å². The Morgan fingerprint density at radius 1 is 1.12 bits per heavy atom. The van der Waals surface area contributed by atoms with Gasteiger partial charge in [0, 0.05) is 6.08 Å². The maximum Gasteiger partial charge on any atom is 0.244 e. The molecule has 2 rings (SSSR count). The average Bonchev–Trinajstić information content (AvgIpc) is 2.60. The molecule has 5 nitrogen and oxygen atoms in total. The van der Waals surface area contributed by atoms with Gasteiger partial charge >= 0.3 is 0 Å². The largest absolute Gasteiger partial charge is 0.508 e. The van der Waals surface area contributed by atoms with Crippen LogP contribution in [0.5, 0.6) is 17.2 Å². The molecule has 5 heteroatoms. The van der Waals surface area contributed by atoms with Crippen molar-refractivity contribution < 1.29 is 19.7 Å². The number of hydrogen-bond acceptors (Lipinski definition) is 4. The quantitative estimate of drug-likeness (QED) is 0.656. The summed E-state index contributed by atoms with van der Waals surface area (Å²) in [7, 11) is 0. The molecule has 0 bridgehead atoms. The molecule has 2 aromatic rings. The lowest BCUT2D eigenvalue weighted by atomic mass is 10.1. The molecule has 1 unspecified atom stereocenters. The Bertz CT molecular complexity index is 766. The molecule has 0 heterocycles. The molecule has 26 heavy (non-hydrogen) atoms. The Kier molecular flexibility index (Phi) is 6.67. The van der Waals surface area contributed by atoms with Crippen molar-refractivity contribution in [2.45, 2.75) is 26.8 Å². The van der Waals surface area contributed by atoms with E-state index in [-0.39, 0.29) is 23.4 Å². The van der Waals surface area contributed by atoms with Gasteiger partial charge in [0.05, 0.1) is 12.6 Å². The Morgan fingerprint density at radius 2 is 1.81 bits per heavy atom. The van der Waals surface area contributed by atoms with E-state index in [0.717, 1.165) is 11.1 Å². The monoisotopic (exact) mass is 355 g/mol. The average molecular weight is 355 g/mol. The van der Waals surface area contributed by atoms with E-state index in [4.69, 9.17) is 4.74 Å². The summed E-state index contributed by atoms with van der Waals surface area (Å²) in [5, 5.41) is 22.0. The second-order valence-corrected chi connectivity index (χ2v) is 6.59. The maximum absolute atomic E-state index is 12.1. The summed E-state index contributed by atoms with van der Waals surface area (Å²) in [6.45, 7) is 6.43. The van der Waals surface area contributed by atoms with Crippen molar-refractivity contribution >= 4 is 12.0 Å². The normalized spacial score (nSPS) is 12.3. The van der Waals surface area contributed by atoms with Crippen LogP contribution < -0.4 is 10.1 Å². The number of ether oxygens (including phenoxy) is 1. The van der Waals surface area contributed by atoms with Crippen molar-refractivity contribution in [2.75, 3.05) is 6.61 Å². The van der Waals surface area contributed by atoms with Gasteiger partial charge in [-0.2, -0.15) is 0 Å². The third-order valence-corrected chi connectivity index (χ3v) is 3.74. The standard InChI is InChI=1S/C21H25NO4/c1-14(2)13-26-20-12-16(4-10-19(20)24)5-11-21(25)22-15(3)17-6-8-18(23)9-7-17/h4-12,14-15,23-24H,13H2,1-3H3,(H,22,25)/b11-5+. The van der Waals surface area contributed by atoms with Crippen LogP contribution in [0.3, 0.4) is 0 Å². The van der Waals surface area contributed by atoms with E-state index in [2.05, 4.69) is 5.32 Å². The minimum atomic E-state index is -0.233. The number of phenolic OH excluding ortho intramolecular Hbond substituents is 2. The molecule has 0 aliphatic heterocycles. The second kappa shape index (κ2) is 8.94. The maximum atomic E-state index is 12.1. The highest BCUT2D eigenvalue weighted by Crippen LogP contribution is 2.27. The van der Waals surface area contributed by atoms with Gasteiger partial charge in [-0.25, -0.2) is 0 Å². The van der Waals surface area contributed by atoms with Crippen LogP contribution in [0.2, 0.25) is 0 Å². The topological polar surface area (TPSA) is 78.8 Å². The number of aromatic hydroxyl groups is 2. The first-order valence-electron chi connectivity index (χ1n) is 8.58. The van der Waals surface area contributed by atoms with Crippen molar-refractivity contribution in [1.82, 2.24) is 5.32 Å². The number of carbonyl (C=O) groups excluding carboxylic acids is 1. The number of benzene rings is 2. The molecule has 0 radical (unpaired) electrons. The lowest BCUT2D eigenvalue weighted by Gasteiger charge is -2.13. The smallest absolute Gasteiger partial charge is 0.244 e. The minimum Gasteiger partial charge on any atom is -0.508 e. The van der Waals surface area contributed by atoms with Gasteiger partial charge in [0.1, 0.15) is 5.75 Å². The van der Waals surface area contributed by atoms with Crippen LogP contribution in [0, 0.1) is 5.92 Å². The molecule has 1 amide bonds. The van der Waals surface area contributed by atoms with Crippen LogP contribution in [0.4, 0.5) is 0 Å². The van der Waals surface area contributed by atoms with Gasteiger partial charge in [-0.3, -0.25) is 4.79 Å². The van der Waals surface area contributed by atoms with E-state index >= 15 is 0 Å². The van der Waals surface area contributed by atoms with Crippen LogP contribution in [0.15, 0.2) is 48.5 Å². The fraction of sp³-hybridized carbons (Fsp3) is 0.286. The molecule has 0 saturated heterocycles. The molecular weight excluding hydrogens is 330 g/mol. The summed E-state index contributed by atoms with van der Waals surface area (Å²) in [6.07, 6.45) is 3.11. The van der Waals surface area contributed by atoms with Gasteiger partial charge in [0.15, 0.2) is 11.5 Å². The number of phenols is 2. The SMILES string of the molecule is CC(C)COc1cc(/C=C/C(=O)NC(C)c2ccc(O)cc2)ccc1O. The molecule has 2 aromatic carbocycles. The third-order valence-electron chi connectivity index (χ3n) is 3.74. The van der Waals surface area contributed by atoms with E-state index in [1.807, 2.05) is 20.8 Å². The van der Waals surface area contributed by atoms with Crippen LogP contribution in [-0.4, -0.2) is 22.7 Å². The highest BCUT2D eigenvalue weighted by atomic mass is 16.5. The van der Waals surface area contributed by atoms with Crippen LogP contribution in [0.1, 0.15) is 37.9 Å². The first-order chi connectivity index (χ1) is 12.3. The third kappa shape index (κ3) is 5.84. The molecule has 0 spiro atoms. The number of nitrogens with one attached hydrogen (secondary N) is 1. The zero-order chi connectivity index (χ0) is 19.1. The number of carbonyl (C=O) groups is 1. The fourth-order valence-electron chi connectivity index (χ4n) is 2.29. The lowest BCUT2D eigenvalue weighted by Crippen LogP contribution is -2.24. The van der Waals surface area contributed by atoms with Gasteiger partial charge in [0.2, 0.25) is 5.91 Å². The van der Waals surface area contributed by atoms with Crippen LogP contribution in [-0.2, 0) is 4.79 Å². The highest BCUT2D eigenvalue weighted by Gasteiger charge is 2.08. The van der Waals surface area contributed by atoms with Crippen LogP contribution >= 0.6 is 0 Å². The molecule has 0 aromatic heterocycles. The summed E-state index contributed by atoms with van der Waals surface area (Å²) in [5.41, 5.74) is 1.66. The fourth-order valence-corrected chi connectivity index (χ4v) is 2.29. The molecule has 0 aliphatic rings. The predicted octanol–water partition coefficient (Wildman–Crippen LogP) is 4.02. The van der Waals surface area contributed by atoms with Crippen molar-refractivity contribution in [1.29, 1.82) is 0 Å². The summed E-state index contributed by atoms with van der Waals surface area (Å²) >= 11 is 0. The second-order valence-electron chi connectivity index (χ2n) is 6.59. The number of amides is 1. The Morgan fingerprint density at radius 3 is 2.46 bits per heavy atom. The van der Waals surface area contributed by atoms with Crippen molar-refractivity contribution in [3.8, 4) is 17.2 Å². The van der Waals surface area contributed by atoms with Gasteiger partial charge in [-0.05, 0) is 54.3 Å². The van der Waals surface area contributed by atoms with Crippen molar-refractivity contribution in [3.05, 3.63) is 59.7 Å². The number of rotatable bonds is 7. The minimum absolute atomic E-state index is 0.0770. The predicted molar refractivity (Wildman–Crippen MR) is 102 cm³/mol. The van der Waals surface area contributed by atoms with Gasteiger partial charge in [-0.1, -0.05) is 32.0 Å². The van der Waals surface area contributed by atoms with E-state index < -0.39 is 0 Å². The molecule has 1 atom stereocenters. The number of hydrogen-bond donors (Lipinski definition) is 3. The molecule has 3 N–H and O–H groups in total. The first kappa shape index (κ1) is 19.4. The van der Waals surface area contributed by atoms with E-state index in [1.165, 1.54) is 6.08 Å². The van der Waals surface area contributed by atoms with Crippen molar-refractivity contribution in [2.24, 2.45) is 5.92 Å². The Labute approximate surface area is 153 Å². The summed E-state index contributed by atoms with van der Waals surface area (Å²) in [5.74, 6) is 0.783. The lowest BCUT2D eigenvalue weighted by molar-refractivity contribution is -0.117. The van der Waals surface area contributed by atoms with Gasteiger partial charge in [-0.15, -0.1) is 0 Å². The Balaban J connectivity index is 1.98. The van der Waals surface area contributed by atoms with Gasteiger partial charge in [0.25, 0.3) is 0 Å². The summed E-state index contributed by atoms with van der Waals surface area (Å²) in [6, 6.07) is 11.5. The zero-order valence-corrected chi connectivity index (χ0v) is 15.3. The molecule has 0 saturated carbocycles. The van der Waals surface area contributed by atoms with Crippen LogP contribution in [0.25, 0.3) is 6.08 Å². The summed E-state index contributed by atoms with van der Waals surface area (Å²) < 4.78 is 5.57. The van der Waals surface area contributed by atoms with E-state index in [9.17, 15) is 15.0 Å². The highest BCUT2D eigenvalue weighted by molar-refractivity contribution is 5.92. The zero-order valence-electron chi connectivity index (χ0n) is 15.3. The van der Waals surface area contributed by atoms with E-state index in [1.54, 1.807) is 48.5 Å². The molecule has 138 valence electrons. The molecule has 0 aliphatic carbocycles. The summed E-state index contributed by atoms with van der Waals surface area (Å²) in [4.78, 5) is 12.1. The van der Waals surface area contributed by atoms with Gasteiger partial charge < -0.3 is 20.3 Å². The Hall–Kier alpha value is -2.95. The van der Waals surface area contributed by atoms with Crippen molar-refractivity contribution in [3.63, 3.8) is 0 Å².